The standard InChI is InChI=1S/C14H18FNO/c1-2-13(17)14(11-6-4-3-5-7-11)16-9-8-12(15)10-16/h3-7,12,14H,2,8-10H2,1H3/t12-,14-/m0/s1. The Balaban J connectivity index is 2.23. The van der Waals surface area contributed by atoms with E-state index in [4.69, 9.17) is 0 Å². The van der Waals surface area contributed by atoms with Crippen LogP contribution in [0.3, 0.4) is 0 Å². The number of likely N-dealkylation sites (tertiary alicyclic amines) is 1. The number of rotatable bonds is 4. The molecule has 17 heavy (non-hydrogen) atoms. The van der Waals surface area contributed by atoms with Gasteiger partial charge in [0.1, 0.15) is 6.17 Å². The molecule has 0 radical (unpaired) electrons. The van der Waals surface area contributed by atoms with Gasteiger partial charge in [-0.1, -0.05) is 37.3 Å². The Bertz CT molecular complexity index is 379. The maximum atomic E-state index is 13.3. The summed E-state index contributed by atoms with van der Waals surface area (Å²) < 4.78 is 13.3. The SMILES string of the molecule is CCC(=O)[C@H](c1ccccc1)N1CC[C@H](F)C1. The maximum absolute atomic E-state index is 13.3. The van der Waals surface area contributed by atoms with E-state index in [0.29, 0.717) is 25.9 Å². The molecule has 2 rings (SSSR count). The van der Waals surface area contributed by atoms with Crippen LogP contribution in [0.1, 0.15) is 31.4 Å². The number of hydrogen-bond acceptors (Lipinski definition) is 2. The third-order valence-corrected chi connectivity index (χ3v) is 3.30. The maximum Gasteiger partial charge on any atom is 0.154 e. The van der Waals surface area contributed by atoms with Gasteiger partial charge in [-0.15, -0.1) is 0 Å². The lowest BCUT2D eigenvalue weighted by Crippen LogP contribution is -2.32. The molecule has 1 heterocycles. The quantitative estimate of drug-likeness (QED) is 0.799. The fourth-order valence-corrected chi connectivity index (χ4v) is 2.41. The smallest absolute Gasteiger partial charge is 0.154 e. The van der Waals surface area contributed by atoms with Crippen LogP contribution < -0.4 is 0 Å². The lowest BCUT2D eigenvalue weighted by atomic mass is 10.00. The van der Waals surface area contributed by atoms with Gasteiger partial charge in [0.2, 0.25) is 0 Å². The second-order valence-electron chi connectivity index (χ2n) is 4.51. The highest BCUT2D eigenvalue weighted by molar-refractivity contribution is 5.85. The molecule has 2 atom stereocenters. The molecule has 1 saturated heterocycles. The molecule has 1 aromatic carbocycles. The van der Waals surface area contributed by atoms with Gasteiger partial charge in [-0.2, -0.15) is 0 Å². The van der Waals surface area contributed by atoms with Gasteiger partial charge >= 0.3 is 0 Å². The minimum absolute atomic E-state index is 0.172. The van der Waals surface area contributed by atoms with Crippen molar-refractivity contribution in [2.45, 2.75) is 32.0 Å². The van der Waals surface area contributed by atoms with Gasteiger partial charge in [0.25, 0.3) is 0 Å². The van der Waals surface area contributed by atoms with Crippen LogP contribution in [0.25, 0.3) is 0 Å². The number of carbonyl (C=O) groups is 1. The van der Waals surface area contributed by atoms with Crippen molar-refractivity contribution in [3.63, 3.8) is 0 Å². The summed E-state index contributed by atoms with van der Waals surface area (Å²) in [6.07, 6.45) is 0.249. The van der Waals surface area contributed by atoms with Gasteiger partial charge in [-0.3, -0.25) is 9.69 Å². The number of benzene rings is 1. The van der Waals surface area contributed by atoms with E-state index < -0.39 is 6.17 Å². The average Bonchev–Trinajstić information content (AvgIpc) is 2.77. The van der Waals surface area contributed by atoms with Crippen LogP contribution in [0.5, 0.6) is 0 Å². The molecule has 3 heteroatoms. The van der Waals surface area contributed by atoms with Crippen LogP contribution in [0.2, 0.25) is 0 Å². The molecule has 0 amide bonds. The van der Waals surface area contributed by atoms with Gasteiger partial charge in [0, 0.05) is 19.5 Å². The topological polar surface area (TPSA) is 20.3 Å². The predicted octanol–water partition coefficient (Wildman–Crippen LogP) is 2.75. The summed E-state index contributed by atoms with van der Waals surface area (Å²) in [6, 6.07) is 9.41. The van der Waals surface area contributed by atoms with Crippen molar-refractivity contribution in [2.24, 2.45) is 0 Å². The molecular weight excluding hydrogens is 217 g/mol. The van der Waals surface area contributed by atoms with Crippen molar-refractivity contribution >= 4 is 5.78 Å². The van der Waals surface area contributed by atoms with E-state index in [9.17, 15) is 9.18 Å². The normalized spacial score (nSPS) is 22.6. The summed E-state index contributed by atoms with van der Waals surface area (Å²) in [4.78, 5) is 14.0. The fourth-order valence-electron chi connectivity index (χ4n) is 2.41. The van der Waals surface area contributed by atoms with Crippen molar-refractivity contribution < 1.29 is 9.18 Å². The second-order valence-corrected chi connectivity index (χ2v) is 4.51. The molecule has 0 bridgehead atoms. The Morgan fingerprint density at radius 3 is 2.71 bits per heavy atom. The van der Waals surface area contributed by atoms with Crippen LogP contribution in [0, 0.1) is 0 Å². The number of nitrogens with zero attached hydrogens (tertiary/aromatic N) is 1. The number of halogens is 1. The minimum Gasteiger partial charge on any atom is -0.298 e. The zero-order valence-corrected chi connectivity index (χ0v) is 10.1. The molecule has 1 aliphatic rings. The number of hydrogen-bond donors (Lipinski definition) is 0. The van der Waals surface area contributed by atoms with Gasteiger partial charge < -0.3 is 0 Å². The van der Waals surface area contributed by atoms with E-state index in [1.807, 2.05) is 42.2 Å². The van der Waals surface area contributed by atoms with E-state index in [1.54, 1.807) is 0 Å². The first-order chi connectivity index (χ1) is 8.22. The zero-order valence-electron chi connectivity index (χ0n) is 10.1. The summed E-state index contributed by atoms with van der Waals surface area (Å²) in [5, 5.41) is 0. The Morgan fingerprint density at radius 1 is 1.47 bits per heavy atom. The molecule has 92 valence electrons. The highest BCUT2D eigenvalue weighted by Gasteiger charge is 2.32. The molecule has 1 aliphatic heterocycles. The third kappa shape index (κ3) is 2.72. The average molecular weight is 235 g/mol. The van der Waals surface area contributed by atoms with Gasteiger partial charge in [0.05, 0.1) is 6.04 Å². The zero-order chi connectivity index (χ0) is 12.3. The van der Waals surface area contributed by atoms with Gasteiger partial charge in [-0.25, -0.2) is 4.39 Å². The lowest BCUT2D eigenvalue weighted by Gasteiger charge is -2.26. The monoisotopic (exact) mass is 235 g/mol. The summed E-state index contributed by atoms with van der Waals surface area (Å²) >= 11 is 0. The van der Waals surface area contributed by atoms with Gasteiger partial charge in [0.15, 0.2) is 5.78 Å². The summed E-state index contributed by atoms with van der Waals surface area (Å²) in [5.41, 5.74) is 0.980. The van der Waals surface area contributed by atoms with Crippen molar-refractivity contribution in [1.82, 2.24) is 4.90 Å². The highest BCUT2D eigenvalue weighted by Crippen LogP contribution is 2.27. The van der Waals surface area contributed by atoms with Crippen LogP contribution >= 0.6 is 0 Å². The van der Waals surface area contributed by atoms with Crippen LogP contribution in [0.4, 0.5) is 4.39 Å². The molecular formula is C14H18FNO. The molecule has 0 aromatic heterocycles. The van der Waals surface area contributed by atoms with Crippen LogP contribution in [-0.4, -0.2) is 29.9 Å². The summed E-state index contributed by atoms with van der Waals surface area (Å²) in [7, 11) is 0. The van der Waals surface area contributed by atoms with Crippen LogP contribution in [0.15, 0.2) is 30.3 Å². The molecule has 2 nitrogen and oxygen atoms in total. The van der Waals surface area contributed by atoms with E-state index in [2.05, 4.69) is 0 Å². The Labute approximate surface area is 101 Å². The first-order valence-corrected chi connectivity index (χ1v) is 6.18. The molecule has 1 fully saturated rings. The van der Waals surface area contributed by atoms with E-state index >= 15 is 0 Å². The van der Waals surface area contributed by atoms with E-state index in [1.165, 1.54) is 0 Å². The number of ketones is 1. The number of Topliss-reactive ketones (excluding diaryl/α,β-unsaturated/α-hetero) is 1. The van der Waals surface area contributed by atoms with Crippen molar-refractivity contribution in [1.29, 1.82) is 0 Å². The molecule has 0 spiro atoms. The first kappa shape index (κ1) is 12.2. The van der Waals surface area contributed by atoms with E-state index in [-0.39, 0.29) is 11.8 Å². The molecule has 0 saturated carbocycles. The number of carbonyl (C=O) groups excluding carboxylic acids is 1. The molecule has 1 aromatic rings. The summed E-state index contributed by atoms with van der Waals surface area (Å²) in [5.74, 6) is 0.172. The Kier molecular flexibility index (Phi) is 3.89. The Morgan fingerprint density at radius 2 is 2.18 bits per heavy atom. The highest BCUT2D eigenvalue weighted by atomic mass is 19.1. The van der Waals surface area contributed by atoms with Crippen molar-refractivity contribution in [3.8, 4) is 0 Å². The van der Waals surface area contributed by atoms with Crippen LogP contribution in [-0.2, 0) is 4.79 Å². The van der Waals surface area contributed by atoms with Crippen molar-refractivity contribution in [3.05, 3.63) is 35.9 Å². The van der Waals surface area contributed by atoms with Crippen molar-refractivity contribution in [2.75, 3.05) is 13.1 Å². The third-order valence-electron chi connectivity index (χ3n) is 3.30. The molecule has 0 unspecified atom stereocenters. The minimum atomic E-state index is -0.786. The second kappa shape index (κ2) is 5.41. The lowest BCUT2D eigenvalue weighted by molar-refractivity contribution is -0.123. The predicted molar refractivity (Wildman–Crippen MR) is 65.6 cm³/mol. The molecule has 0 aliphatic carbocycles. The summed E-state index contributed by atoms with van der Waals surface area (Å²) in [6.45, 7) is 2.92. The fraction of sp³-hybridized carbons (Fsp3) is 0.500. The van der Waals surface area contributed by atoms with Gasteiger partial charge in [-0.05, 0) is 12.0 Å². The molecule has 0 N–H and O–H groups in total. The Hall–Kier alpha value is -1.22. The largest absolute Gasteiger partial charge is 0.298 e. The number of alkyl halides is 1. The first-order valence-electron chi connectivity index (χ1n) is 6.18. The van der Waals surface area contributed by atoms with E-state index in [0.717, 1.165) is 5.56 Å².